The third kappa shape index (κ3) is 6.29. The number of halogens is 3. The normalized spacial score (nSPS) is 10.5. The van der Waals surface area contributed by atoms with Crippen molar-refractivity contribution in [2.75, 3.05) is 17.2 Å². The zero-order valence-electron chi connectivity index (χ0n) is 15.6. The quantitative estimate of drug-likeness (QED) is 0.428. The Labute approximate surface area is 184 Å². The molecule has 29 heavy (non-hydrogen) atoms. The van der Waals surface area contributed by atoms with Crippen molar-refractivity contribution in [2.24, 2.45) is 0 Å². The third-order valence-electron chi connectivity index (χ3n) is 4.05. The predicted octanol–water partition coefficient (Wildman–Crippen LogP) is 6.58. The molecule has 7 heteroatoms. The Kier molecular flexibility index (Phi) is 7.26. The van der Waals surface area contributed by atoms with Crippen LogP contribution < -0.4 is 15.4 Å². The van der Waals surface area contributed by atoms with Crippen LogP contribution in [0, 0.1) is 6.92 Å². The number of anilines is 2. The van der Waals surface area contributed by atoms with Crippen molar-refractivity contribution in [3.63, 3.8) is 0 Å². The molecule has 0 heterocycles. The molecule has 0 bridgehead atoms. The number of ether oxygens (including phenoxy) is 1. The molecule has 0 saturated carbocycles. The summed E-state index contributed by atoms with van der Waals surface area (Å²) in [5.41, 5.74) is 3.57. The van der Waals surface area contributed by atoms with E-state index in [1.165, 1.54) is 0 Å². The van der Waals surface area contributed by atoms with Crippen LogP contribution in [-0.2, 0) is 11.3 Å². The first-order valence-corrected chi connectivity index (χ1v) is 10.0. The second-order valence-electron chi connectivity index (χ2n) is 6.46. The van der Waals surface area contributed by atoms with Crippen LogP contribution in [0.4, 0.5) is 11.4 Å². The summed E-state index contributed by atoms with van der Waals surface area (Å²) >= 11 is 18.5. The summed E-state index contributed by atoms with van der Waals surface area (Å²) in [5, 5.41) is 7.40. The Morgan fingerprint density at radius 3 is 2.28 bits per heavy atom. The molecule has 0 radical (unpaired) electrons. The Balaban J connectivity index is 1.58. The van der Waals surface area contributed by atoms with E-state index in [0.29, 0.717) is 27.3 Å². The molecule has 1 amide bonds. The van der Waals surface area contributed by atoms with Crippen LogP contribution in [0.2, 0.25) is 15.1 Å². The molecule has 0 aliphatic rings. The number of hydrogen-bond donors (Lipinski definition) is 2. The van der Waals surface area contributed by atoms with Gasteiger partial charge in [0.1, 0.15) is 0 Å². The Morgan fingerprint density at radius 1 is 0.931 bits per heavy atom. The monoisotopic (exact) mass is 448 g/mol. The molecular weight excluding hydrogens is 431 g/mol. The number of rotatable bonds is 7. The van der Waals surface area contributed by atoms with Crippen molar-refractivity contribution in [1.82, 2.24) is 0 Å². The van der Waals surface area contributed by atoms with Crippen LogP contribution in [-0.4, -0.2) is 12.5 Å². The summed E-state index contributed by atoms with van der Waals surface area (Å²) in [6, 6.07) is 18.4. The molecule has 3 rings (SSSR count). The lowest BCUT2D eigenvalue weighted by Crippen LogP contribution is -2.20. The molecule has 2 N–H and O–H groups in total. The summed E-state index contributed by atoms with van der Waals surface area (Å²) in [6.07, 6.45) is 0. The smallest absolute Gasteiger partial charge is 0.262 e. The van der Waals surface area contributed by atoms with Crippen LogP contribution in [0.15, 0.2) is 60.7 Å². The largest absolute Gasteiger partial charge is 0.481 e. The van der Waals surface area contributed by atoms with Crippen molar-refractivity contribution in [2.45, 2.75) is 13.5 Å². The molecule has 0 unspecified atom stereocenters. The number of carbonyl (C=O) groups excluding carboxylic acids is 1. The average molecular weight is 450 g/mol. The lowest BCUT2D eigenvalue weighted by atomic mass is 10.2. The Bertz CT molecular complexity index is 984. The van der Waals surface area contributed by atoms with Gasteiger partial charge >= 0.3 is 0 Å². The highest BCUT2D eigenvalue weighted by Crippen LogP contribution is 2.34. The molecule has 150 valence electrons. The van der Waals surface area contributed by atoms with Crippen LogP contribution in [0.3, 0.4) is 0 Å². The summed E-state index contributed by atoms with van der Waals surface area (Å²) in [4.78, 5) is 12.1. The topological polar surface area (TPSA) is 50.4 Å². The minimum absolute atomic E-state index is 0.199. The van der Waals surface area contributed by atoms with E-state index in [0.717, 1.165) is 16.8 Å². The van der Waals surface area contributed by atoms with Gasteiger partial charge in [-0.15, -0.1) is 0 Å². The lowest BCUT2D eigenvalue weighted by molar-refractivity contribution is -0.118. The fourth-order valence-corrected chi connectivity index (χ4v) is 3.45. The minimum atomic E-state index is -0.295. The number of benzene rings is 3. The van der Waals surface area contributed by atoms with Gasteiger partial charge in [0.2, 0.25) is 0 Å². The first-order valence-electron chi connectivity index (χ1n) is 8.87. The molecule has 0 aliphatic carbocycles. The fraction of sp³-hybridized carbons (Fsp3) is 0.136. The number of nitrogens with one attached hydrogen (secondary N) is 2. The van der Waals surface area contributed by atoms with E-state index in [-0.39, 0.29) is 18.3 Å². The van der Waals surface area contributed by atoms with Gasteiger partial charge in [-0.05, 0) is 66.6 Å². The van der Waals surface area contributed by atoms with E-state index in [1.54, 1.807) is 12.1 Å². The van der Waals surface area contributed by atoms with E-state index in [1.807, 2.05) is 55.5 Å². The highest BCUT2D eigenvalue weighted by Gasteiger charge is 2.12. The summed E-state index contributed by atoms with van der Waals surface area (Å²) in [7, 11) is 0. The first-order chi connectivity index (χ1) is 13.9. The van der Waals surface area contributed by atoms with Crippen molar-refractivity contribution >= 4 is 52.1 Å². The maximum absolute atomic E-state index is 12.1. The van der Waals surface area contributed by atoms with Crippen LogP contribution >= 0.6 is 34.8 Å². The molecule has 3 aromatic carbocycles. The van der Waals surface area contributed by atoms with Crippen LogP contribution in [0.5, 0.6) is 5.75 Å². The minimum Gasteiger partial charge on any atom is -0.481 e. The highest BCUT2D eigenvalue weighted by atomic mass is 35.5. The molecule has 0 fully saturated rings. The van der Waals surface area contributed by atoms with Gasteiger partial charge in [0.05, 0.1) is 10.0 Å². The zero-order valence-corrected chi connectivity index (χ0v) is 17.9. The van der Waals surface area contributed by atoms with Gasteiger partial charge in [-0.2, -0.15) is 0 Å². The second kappa shape index (κ2) is 9.88. The molecule has 0 aromatic heterocycles. The van der Waals surface area contributed by atoms with E-state index in [9.17, 15) is 4.79 Å². The molecule has 4 nitrogen and oxygen atoms in total. The van der Waals surface area contributed by atoms with Gasteiger partial charge in [0, 0.05) is 22.9 Å². The molecule has 0 spiro atoms. The van der Waals surface area contributed by atoms with Gasteiger partial charge in [-0.25, -0.2) is 0 Å². The molecule has 3 aromatic rings. The van der Waals surface area contributed by atoms with E-state index in [2.05, 4.69) is 10.6 Å². The van der Waals surface area contributed by atoms with Crippen LogP contribution in [0.1, 0.15) is 11.1 Å². The van der Waals surface area contributed by atoms with Gasteiger partial charge in [-0.1, -0.05) is 46.9 Å². The highest BCUT2D eigenvalue weighted by molar-refractivity contribution is 6.37. The maximum Gasteiger partial charge on any atom is 0.262 e. The maximum atomic E-state index is 12.1. The molecular formula is C22H19Cl3N2O2. The standard InChI is InChI=1S/C22H19Cl3N2O2/c1-14-3-2-4-18(9-14)27-21(28)13-29-22-19(24)10-15(11-20(22)25)12-26-17-7-5-16(23)6-8-17/h2-11,26H,12-13H2,1H3,(H,27,28). The zero-order chi connectivity index (χ0) is 20.8. The van der Waals surface area contributed by atoms with Crippen molar-refractivity contribution in [1.29, 1.82) is 0 Å². The van der Waals surface area contributed by atoms with Crippen molar-refractivity contribution in [3.8, 4) is 5.75 Å². The summed E-state index contributed by atoms with van der Waals surface area (Å²) in [5.74, 6) is -0.0146. The average Bonchev–Trinajstić information content (AvgIpc) is 2.67. The molecule has 0 saturated heterocycles. The summed E-state index contributed by atoms with van der Waals surface area (Å²) in [6.45, 7) is 2.28. The predicted molar refractivity (Wildman–Crippen MR) is 121 cm³/mol. The van der Waals surface area contributed by atoms with Gasteiger partial charge < -0.3 is 15.4 Å². The number of hydrogen-bond acceptors (Lipinski definition) is 3. The molecule has 0 aliphatic heterocycles. The van der Waals surface area contributed by atoms with E-state index >= 15 is 0 Å². The Morgan fingerprint density at radius 2 is 1.62 bits per heavy atom. The van der Waals surface area contributed by atoms with Crippen LogP contribution in [0.25, 0.3) is 0 Å². The SMILES string of the molecule is Cc1cccc(NC(=O)COc2c(Cl)cc(CNc3ccc(Cl)cc3)cc2Cl)c1. The first kappa shape index (κ1) is 21.3. The third-order valence-corrected chi connectivity index (χ3v) is 4.86. The number of amides is 1. The van der Waals surface area contributed by atoms with Crippen molar-refractivity contribution < 1.29 is 9.53 Å². The van der Waals surface area contributed by atoms with Gasteiger partial charge in [-0.3, -0.25) is 4.79 Å². The van der Waals surface area contributed by atoms with Gasteiger partial charge in [0.15, 0.2) is 12.4 Å². The molecule has 0 atom stereocenters. The number of aryl methyl sites for hydroxylation is 1. The van der Waals surface area contributed by atoms with E-state index < -0.39 is 0 Å². The van der Waals surface area contributed by atoms with Crippen molar-refractivity contribution in [3.05, 3.63) is 86.9 Å². The summed E-state index contributed by atoms with van der Waals surface area (Å²) < 4.78 is 5.55. The lowest BCUT2D eigenvalue weighted by Gasteiger charge is -2.13. The fourth-order valence-electron chi connectivity index (χ4n) is 2.68. The second-order valence-corrected chi connectivity index (χ2v) is 7.71. The number of carbonyl (C=O) groups is 1. The Hall–Kier alpha value is -2.40. The van der Waals surface area contributed by atoms with E-state index in [4.69, 9.17) is 39.5 Å². The van der Waals surface area contributed by atoms with Gasteiger partial charge in [0.25, 0.3) is 5.91 Å².